The number of nitro benzene ring substituents is 1. The molecule has 1 N–H and O–H groups in total. The number of rotatable bonds is 3. The molecule has 1 amide bonds. The Morgan fingerprint density at radius 1 is 1.45 bits per heavy atom. The lowest BCUT2D eigenvalue weighted by atomic mass is 10.1. The smallest absolute Gasteiger partial charge is 0.410 e. The molecule has 1 rings (SSSR count). The Morgan fingerprint density at radius 3 is 2.55 bits per heavy atom. The van der Waals surface area contributed by atoms with E-state index in [2.05, 4.69) is 0 Å². The number of carbonyl (C=O) groups is 1. The van der Waals surface area contributed by atoms with Gasteiger partial charge in [-0.15, -0.1) is 0 Å². The van der Waals surface area contributed by atoms with Gasteiger partial charge in [0.1, 0.15) is 5.60 Å². The van der Waals surface area contributed by atoms with Crippen molar-refractivity contribution in [1.29, 1.82) is 0 Å². The van der Waals surface area contributed by atoms with Gasteiger partial charge in [-0.1, -0.05) is 12.1 Å². The fourth-order valence-electron chi connectivity index (χ4n) is 1.51. The summed E-state index contributed by atoms with van der Waals surface area (Å²) in [6.07, 6.45) is -0.566. The number of phenolic OH excluding ortho intramolecular Hbond substituents is 1. The van der Waals surface area contributed by atoms with Crippen LogP contribution in [0.2, 0.25) is 0 Å². The third-order valence-electron chi connectivity index (χ3n) is 2.41. The van der Waals surface area contributed by atoms with Gasteiger partial charge in [0.15, 0.2) is 5.75 Å². The topological polar surface area (TPSA) is 92.9 Å². The maximum atomic E-state index is 11.8. The first-order valence-corrected chi connectivity index (χ1v) is 6.01. The average Bonchev–Trinajstić information content (AvgIpc) is 2.29. The summed E-state index contributed by atoms with van der Waals surface area (Å²) in [7, 11) is 1.49. The van der Waals surface area contributed by atoms with Gasteiger partial charge in [-0.3, -0.25) is 10.1 Å². The number of hydrogen-bond donors (Lipinski definition) is 1. The Morgan fingerprint density at radius 2 is 2.05 bits per heavy atom. The summed E-state index contributed by atoms with van der Waals surface area (Å²) in [5.74, 6) is -0.437. The molecule has 0 heterocycles. The van der Waals surface area contributed by atoms with Gasteiger partial charge in [0.25, 0.3) is 0 Å². The second-order valence-electron chi connectivity index (χ2n) is 5.38. The van der Waals surface area contributed by atoms with E-state index >= 15 is 0 Å². The maximum absolute atomic E-state index is 11.8. The number of carbonyl (C=O) groups excluding carboxylic acids is 1. The van der Waals surface area contributed by atoms with Gasteiger partial charge in [0, 0.05) is 18.7 Å². The zero-order valence-corrected chi connectivity index (χ0v) is 11.9. The Balaban J connectivity index is 2.86. The Bertz CT molecular complexity index is 522. The number of phenols is 1. The number of aromatic hydroxyl groups is 1. The van der Waals surface area contributed by atoms with E-state index in [-0.39, 0.29) is 17.8 Å². The van der Waals surface area contributed by atoms with Crippen molar-refractivity contribution in [3.05, 3.63) is 33.9 Å². The van der Waals surface area contributed by atoms with Gasteiger partial charge in [-0.2, -0.15) is 0 Å². The average molecular weight is 282 g/mol. The number of para-hydroxylation sites is 1. The molecule has 110 valence electrons. The van der Waals surface area contributed by atoms with Gasteiger partial charge in [0.05, 0.1) is 11.5 Å². The first-order valence-electron chi connectivity index (χ1n) is 6.01. The van der Waals surface area contributed by atoms with Crippen molar-refractivity contribution in [2.24, 2.45) is 0 Å². The highest BCUT2D eigenvalue weighted by Gasteiger charge is 2.22. The van der Waals surface area contributed by atoms with E-state index in [4.69, 9.17) is 4.74 Å². The fourth-order valence-corrected chi connectivity index (χ4v) is 1.51. The molecule has 0 fully saturated rings. The molecule has 0 atom stereocenters. The number of hydrogen-bond acceptors (Lipinski definition) is 5. The first kappa shape index (κ1) is 15.7. The number of benzene rings is 1. The minimum absolute atomic E-state index is 0.0163. The molecule has 0 saturated heterocycles. The molecule has 0 saturated carbocycles. The number of nitro groups is 1. The standard InChI is InChI=1S/C13H18N2O5/c1-13(2,3)20-12(17)14(4)8-9-6-5-7-10(11(9)16)15(18)19/h5-7,16H,8H2,1-4H3. The Labute approximate surface area is 116 Å². The van der Waals surface area contributed by atoms with Crippen LogP contribution in [0.4, 0.5) is 10.5 Å². The van der Waals surface area contributed by atoms with Crippen molar-refractivity contribution in [3.8, 4) is 5.75 Å². The quantitative estimate of drug-likeness (QED) is 0.679. The van der Waals surface area contributed by atoms with Crippen LogP contribution in [0, 0.1) is 10.1 Å². The number of ether oxygens (including phenoxy) is 1. The van der Waals surface area contributed by atoms with Gasteiger partial charge in [-0.25, -0.2) is 4.79 Å². The third-order valence-corrected chi connectivity index (χ3v) is 2.41. The molecule has 1 aromatic carbocycles. The highest BCUT2D eigenvalue weighted by molar-refractivity contribution is 5.68. The summed E-state index contributed by atoms with van der Waals surface area (Å²) in [6, 6.07) is 4.17. The zero-order valence-electron chi connectivity index (χ0n) is 11.9. The van der Waals surface area contributed by atoms with Crippen molar-refractivity contribution >= 4 is 11.8 Å². The molecule has 7 nitrogen and oxygen atoms in total. The van der Waals surface area contributed by atoms with Crippen molar-refractivity contribution in [3.63, 3.8) is 0 Å². The molecule has 1 aromatic rings. The monoisotopic (exact) mass is 282 g/mol. The van der Waals surface area contributed by atoms with Gasteiger partial charge in [-0.05, 0) is 20.8 Å². The third kappa shape index (κ3) is 4.11. The molecule has 0 unspecified atom stereocenters. The van der Waals surface area contributed by atoms with Gasteiger partial charge >= 0.3 is 11.8 Å². The molecule has 7 heteroatoms. The second-order valence-corrected chi connectivity index (χ2v) is 5.38. The summed E-state index contributed by atoms with van der Waals surface area (Å²) >= 11 is 0. The minimum Gasteiger partial charge on any atom is -0.502 e. The number of nitrogens with zero attached hydrogens (tertiary/aromatic N) is 2. The molecular weight excluding hydrogens is 264 g/mol. The van der Waals surface area contributed by atoms with Crippen molar-refractivity contribution in [1.82, 2.24) is 4.90 Å². The molecule has 20 heavy (non-hydrogen) atoms. The van der Waals surface area contributed by atoms with Gasteiger partial charge in [0.2, 0.25) is 0 Å². The Kier molecular flexibility index (Phi) is 4.54. The molecule has 0 aliphatic carbocycles. The van der Waals surface area contributed by atoms with E-state index in [1.54, 1.807) is 20.8 Å². The molecule has 0 aliphatic heterocycles. The van der Waals surface area contributed by atoms with E-state index in [9.17, 15) is 20.0 Å². The van der Waals surface area contributed by atoms with Crippen LogP contribution in [-0.2, 0) is 11.3 Å². The van der Waals surface area contributed by atoms with Crippen molar-refractivity contribution in [2.45, 2.75) is 32.9 Å². The zero-order chi connectivity index (χ0) is 15.5. The molecule has 0 radical (unpaired) electrons. The lowest BCUT2D eigenvalue weighted by Crippen LogP contribution is -2.33. The van der Waals surface area contributed by atoms with Crippen molar-refractivity contribution in [2.75, 3.05) is 7.05 Å². The van der Waals surface area contributed by atoms with E-state index in [0.717, 1.165) is 0 Å². The van der Waals surface area contributed by atoms with Crippen molar-refractivity contribution < 1.29 is 19.6 Å². The lowest BCUT2D eigenvalue weighted by Gasteiger charge is -2.24. The molecule has 0 aromatic heterocycles. The summed E-state index contributed by atoms with van der Waals surface area (Å²) in [6.45, 7) is 5.24. The van der Waals surface area contributed by atoms with Crippen LogP contribution in [0.1, 0.15) is 26.3 Å². The normalized spacial score (nSPS) is 11.0. The molecule has 0 bridgehead atoms. The van der Waals surface area contributed by atoms with E-state index < -0.39 is 22.4 Å². The highest BCUT2D eigenvalue weighted by atomic mass is 16.6. The van der Waals surface area contributed by atoms with E-state index in [1.165, 1.54) is 30.1 Å². The summed E-state index contributed by atoms with van der Waals surface area (Å²) in [5.41, 5.74) is -0.733. The minimum atomic E-state index is -0.674. The van der Waals surface area contributed by atoms with Crippen LogP contribution in [0.15, 0.2) is 18.2 Å². The van der Waals surface area contributed by atoms with Crippen LogP contribution >= 0.6 is 0 Å². The van der Waals surface area contributed by atoms with E-state index in [0.29, 0.717) is 0 Å². The predicted molar refractivity (Wildman–Crippen MR) is 72.5 cm³/mol. The highest BCUT2D eigenvalue weighted by Crippen LogP contribution is 2.30. The van der Waals surface area contributed by atoms with Gasteiger partial charge < -0.3 is 14.7 Å². The van der Waals surface area contributed by atoms with E-state index in [1.807, 2.05) is 0 Å². The molecule has 0 aliphatic rings. The largest absolute Gasteiger partial charge is 0.502 e. The molecular formula is C13H18N2O5. The maximum Gasteiger partial charge on any atom is 0.410 e. The fraction of sp³-hybridized carbons (Fsp3) is 0.462. The first-order chi connectivity index (χ1) is 9.11. The summed E-state index contributed by atoms with van der Waals surface area (Å²) in [4.78, 5) is 23.1. The lowest BCUT2D eigenvalue weighted by molar-refractivity contribution is -0.385. The van der Waals surface area contributed by atoms with Crippen LogP contribution in [0.25, 0.3) is 0 Å². The van der Waals surface area contributed by atoms with Crippen LogP contribution in [-0.4, -0.2) is 33.7 Å². The SMILES string of the molecule is CN(Cc1cccc([N+](=O)[O-])c1O)C(=O)OC(C)(C)C. The summed E-state index contributed by atoms with van der Waals surface area (Å²) < 4.78 is 5.16. The second kappa shape index (κ2) is 5.77. The number of amides is 1. The predicted octanol–water partition coefficient (Wildman–Crippen LogP) is 2.67. The van der Waals surface area contributed by atoms with Crippen LogP contribution in [0.3, 0.4) is 0 Å². The van der Waals surface area contributed by atoms with Crippen LogP contribution < -0.4 is 0 Å². The molecule has 0 spiro atoms. The summed E-state index contributed by atoms with van der Waals surface area (Å²) in [5, 5.41) is 20.5. The Hall–Kier alpha value is -2.31. The van der Waals surface area contributed by atoms with Crippen LogP contribution in [0.5, 0.6) is 5.75 Å².